The van der Waals surface area contributed by atoms with Gasteiger partial charge in [0.2, 0.25) is 11.8 Å². The molecular formula is C56H76N6O4. The lowest BCUT2D eigenvalue weighted by molar-refractivity contribution is -0.122. The molecule has 2 aromatic carbocycles. The molecule has 4 aromatic rings. The molecule has 354 valence electrons. The molecule has 5 atom stereocenters. The van der Waals surface area contributed by atoms with Crippen LogP contribution in [0, 0.1) is 23.7 Å². The lowest BCUT2D eigenvalue weighted by Crippen LogP contribution is -2.51. The van der Waals surface area contributed by atoms with Crippen LogP contribution in [0.1, 0.15) is 115 Å². The molecule has 66 heavy (non-hydrogen) atoms. The zero-order valence-electron chi connectivity index (χ0n) is 40.1. The van der Waals surface area contributed by atoms with Crippen LogP contribution in [-0.2, 0) is 22.4 Å². The molecule has 4 heterocycles. The molecule has 10 nitrogen and oxygen atoms in total. The number of pyridine rings is 2. The summed E-state index contributed by atoms with van der Waals surface area (Å²) in [4.78, 5) is 39.9. The van der Waals surface area contributed by atoms with Gasteiger partial charge in [-0.2, -0.15) is 0 Å². The number of hydrogen-bond donors (Lipinski definition) is 2. The van der Waals surface area contributed by atoms with E-state index in [4.69, 9.17) is 9.47 Å². The molecule has 2 aliphatic carbocycles. The molecule has 0 spiro atoms. The zero-order chi connectivity index (χ0) is 45.7. The van der Waals surface area contributed by atoms with Crippen molar-refractivity contribution in [2.45, 2.75) is 135 Å². The van der Waals surface area contributed by atoms with Gasteiger partial charge in [-0.15, -0.1) is 0 Å². The highest BCUT2D eigenvalue weighted by Crippen LogP contribution is 2.33. The van der Waals surface area contributed by atoms with Gasteiger partial charge in [-0.25, -0.2) is 0 Å². The highest BCUT2D eigenvalue weighted by atomic mass is 16.5. The van der Waals surface area contributed by atoms with Crippen LogP contribution in [0.15, 0.2) is 85.2 Å². The van der Waals surface area contributed by atoms with Gasteiger partial charge in [0.05, 0.1) is 19.4 Å². The van der Waals surface area contributed by atoms with Crippen LogP contribution in [0.25, 0.3) is 22.3 Å². The molecule has 0 bridgehead atoms. The lowest BCUT2D eigenvalue weighted by atomic mass is 9.81. The highest BCUT2D eigenvalue weighted by Gasteiger charge is 2.35. The van der Waals surface area contributed by atoms with Crippen LogP contribution >= 0.6 is 0 Å². The van der Waals surface area contributed by atoms with Crippen LogP contribution in [0.2, 0.25) is 0 Å². The maximum atomic E-state index is 12.7. The van der Waals surface area contributed by atoms with E-state index < -0.39 is 0 Å². The minimum absolute atomic E-state index is 0.0570. The van der Waals surface area contributed by atoms with Crippen molar-refractivity contribution < 1.29 is 19.1 Å². The van der Waals surface area contributed by atoms with Crippen molar-refractivity contribution >= 4 is 11.8 Å². The predicted octanol–water partition coefficient (Wildman–Crippen LogP) is 9.95. The van der Waals surface area contributed by atoms with E-state index in [1.165, 1.54) is 83.5 Å². The summed E-state index contributed by atoms with van der Waals surface area (Å²) in [6.07, 6.45) is 21.8. The predicted molar refractivity (Wildman–Crippen MR) is 264 cm³/mol. The van der Waals surface area contributed by atoms with Gasteiger partial charge >= 0.3 is 0 Å². The van der Waals surface area contributed by atoms with Crippen molar-refractivity contribution in [1.29, 1.82) is 0 Å². The van der Waals surface area contributed by atoms with Gasteiger partial charge in [-0.05, 0) is 157 Å². The summed E-state index contributed by atoms with van der Waals surface area (Å²) in [7, 11) is 2.31. The number of likely N-dealkylation sites (tertiary alicyclic amines) is 2. The van der Waals surface area contributed by atoms with Crippen molar-refractivity contribution in [3.05, 3.63) is 96.6 Å². The Morgan fingerprint density at radius 2 is 1.14 bits per heavy atom. The molecule has 2 saturated heterocycles. The second kappa shape index (κ2) is 23.8. The first kappa shape index (κ1) is 47.7. The fourth-order valence-electron chi connectivity index (χ4n) is 11.3. The Labute approximate surface area is 395 Å². The summed E-state index contributed by atoms with van der Waals surface area (Å²) in [5.41, 5.74) is 5.84. The first-order valence-electron chi connectivity index (χ1n) is 25.6. The number of carbonyl (C=O) groups excluding carboxylic acids is 2. The Kier molecular flexibility index (Phi) is 17.2. The van der Waals surface area contributed by atoms with Crippen molar-refractivity contribution in [3.8, 4) is 33.8 Å². The number of carbonyl (C=O) groups is 2. The summed E-state index contributed by atoms with van der Waals surface area (Å²) >= 11 is 0. The van der Waals surface area contributed by atoms with Gasteiger partial charge in [-0.3, -0.25) is 24.5 Å². The molecule has 2 amide bonds. The van der Waals surface area contributed by atoms with Gasteiger partial charge in [0.15, 0.2) is 0 Å². The first-order valence-corrected chi connectivity index (χ1v) is 25.6. The molecule has 2 aliphatic heterocycles. The topological polar surface area (TPSA) is 109 Å². The third-order valence-corrected chi connectivity index (χ3v) is 15.5. The molecule has 0 radical (unpaired) electrons. The number of hydrogen-bond acceptors (Lipinski definition) is 8. The second-order valence-corrected chi connectivity index (χ2v) is 20.3. The number of rotatable bonds is 18. The maximum Gasteiger partial charge on any atom is 0.226 e. The summed E-state index contributed by atoms with van der Waals surface area (Å²) in [5.74, 6) is 4.27. The van der Waals surface area contributed by atoms with Gasteiger partial charge in [0.25, 0.3) is 0 Å². The molecule has 10 heteroatoms. The average molecular weight is 897 g/mol. The molecule has 3 unspecified atom stereocenters. The van der Waals surface area contributed by atoms with E-state index in [1.54, 1.807) is 0 Å². The SMILES string of the molecule is C[C@@H](NC(=O)Cc1ccc(-c2ccc(OCCN3CCCC(C4CC(COc5ccc(-c6ccc(CC(=O)N[C@H](C)C7CCCCC7)nc6)cc5)CCN4C)C3)cc2)cn1)C1CCCCC1. The monoisotopic (exact) mass is 897 g/mol. The van der Waals surface area contributed by atoms with Gasteiger partial charge < -0.3 is 25.0 Å². The molecule has 2 aromatic heterocycles. The van der Waals surface area contributed by atoms with Crippen LogP contribution < -0.4 is 20.1 Å². The van der Waals surface area contributed by atoms with Crippen LogP contribution in [0.5, 0.6) is 11.5 Å². The van der Waals surface area contributed by atoms with Crippen LogP contribution in [0.4, 0.5) is 0 Å². The summed E-state index contributed by atoms with van der Waals surface area (Å²) in [5, 5.41) is 6.45. The molecule has 2 saturated carbocycles. The minimum Gasteiger partial charge on any atom is -0.493 e. The van der Waals surface area contributed by atoms with Crippen molar-refractivity contribution in [1.82, 2.24) is 30.4 Å². The largest absolute Gasteiger partial charge is 0.493 e. The van der Waals surface area contributed by atoms with Crippen molar-refractivity contribution in [2.75, 3.05) is 46.4 Å². The standard InChI is InChI=1S/C56H76N6O4/c1-40(43-11-6-4-7-12-43)59-55(63)34-50-22-16-47(36-57-50)45-18-24-52(25-19-45)65-32-31-62-29-10-15-49(38-62)54-33-42(28-30-61(54)3)39-66-53-26-20-46(21-27-53)48-17-23-51(58-37-48)35-56(64)60-41(2)44-13-8-5-9-14-44/h16-27,36-37,40-44,49,54H,4-15,28-35,38-39H2,1-3H3,(H,59,63)(H,60,64)/t40-,41-,42?,49?,54?/m1/s1. The third kappa shape index (κ3) is 13.7. The average Bonchev–Trinajstić information content (AvgIpc) is 3.35. The zero-order valence-corrected chi connectivity index (χ0v) is 40.1. The second-order valence-electron chi connectivity index (χ2n) is 20.3. The fourth-order valence-corrected chi connectivity index (χ4v) is 11.3. The smallest absolute Gasteiger partial charge is 0.226 e. The lowest BCUT2D eigenvalue weighted by Gasteiger charge is -2.45. The third-order valence-electron chi connectivity index (χ3n) is 15.5. The minimum atomic E-state index is 0.0570. The molecule has 2 N–H and O–H groups in total. The van der Waals surface area contributed by atoms with E-state index in [-0.39, 0.29) is 23.9 Å². The van der Waals surface area contributed by atoms with Crippen LogP contribution in [0.3, 0.4) is 0 Å². The Balaban J connectivity index is 0.733. The van der Waals surface area contributed by atoms with Crippen molar-refractivity contribution in [2.24, 2.45) is 23.7 Å². The fraction of sp³-hybridized carbons (Fsp3) is 0.571. The summed E-state index contributed by atoms with van der Waals surface area (Å²) < 4.78 is 12.7. The molecule has 4 fully saturated rings. The highest BCUT2D eigenvalue weighted by molar-refractivity contribution is 5.79. The van der Waals surface area contributed by atoms with E-state index in [0.29, 0.717) is 49.2 Å². The Morgan fingerprint density at radius 1 is 0.621 bits per heavy atom. The van der Waals surface area contributed by atoms with Gasteiger partial charge in [0.1, 0.15) is 18.1 Å². The summed E-state index contributed by atoms with van der Waals surface area (Å²) in [6, 6.07) is 25.7. The summed E-state index contributed by atoms with van der Waals surface area (Å²) in [6.45, 7) is 9.97. The Hall–Kier alpha value is -4.80. The first-order chi connectivity index (χ1) is 32.2. The molecule has 8 rings (SSSR count). The number of aromatic nitrogens is 2. The van der Waals surface area contributed by atoms with Gasteiger partial charge in [0, 0.05) is 66.1 Å². The van der Waals surface area contributed by atoms with E-state index >= 15 is 0 Å². The van der Waals surface area contributed by atoms with Crippen LogP contribution in [-0.4, -0.2) is 96.1 Å². The number of benzene rings is 2. The van der Waals surface area contributed by atoms with Crippen molar-refractivity contribution in [3.63, 3.8) is 0 Å². The number of nitrogens with one attached hydrogen (secondary N) is 2. The van der Waals surface area contributed by atoms with Gasteiger partial charge in [-0.1, -0.05) is 74.9 Å². The number of amides is 2. The molecule has 4 aliphatic rings. The number of ether oxygens (including phenoxy) is 2. The number of piperidine rings is 2. The number of nitrogens with zero attached hydrogens (tertiary/aromatic N) is 4. The molecular weight excluding hydrogens is 821 g/mol. The maximum absolute atomic E-state index is 12.7. The normalized spacial score (nSPS) is 22.3. The Bertz CT molecular complexity index is 2100. The Morgan fingerprint density at radius 3 is 1.65 bits per heavy atom. The van der Waals surface area contributed by atoms with E-state index in [1.807, 2.05) is 24.5 Å². The van der Waals surface area contributed by atoms with E-state index in [0.717, 1.165) is 84.3 Å². The van der Waals surface area contributed by atoms with E-state index in [2.05, 4.69) is 112 Å². The quantitative estimate of drug-likeness (QED) is 0.102. The van der Waals surface area contributed by atoms with E-state index in [9.17, 15) is 9.59 Å².